The summed E-state index contributed by atoms with van der Waals surface area (Å²) >= 11 is 0. The van der Waals surface area contributed by atoms with Gasteiger partial charge in [-0.15, -0.1) is 0 Å². The number of rotatable bonds is 2. The lowest BCUT2D eigenvalue weighted by molar-refractivity contribution is -0.121. The molecule has 0 heterocycles. The third kappa shape index (κ3) is 3.40. The molecule has 0 bridgehead atoms. The number of aliphatic imine (C=N–C) groups is 1. The van der Waals surface area contributed by atoms with Gasteiger partial charge in [0.1, 0.15) is 6.34 Å². The van der Waals surface area contributed by atoms with E-state index in [1.54, 1.807) is 14.1 Å². The van der Waals surface area contributed by atoms with E-state index < -0.39 is 0 Å². The maximum Gasteiger partial charge on any atom is 0.264 e. The van der Waals surface area contributed by atoms with Crippen molar-refractivity contribution in [2.24, 2.45) is 4.99 Å². The van der Waals surface area contributed by atoms with E-state index in [0.717, 1.165) is 12.6 Å². The van der Waals surface area contributed by atoms with E-state index in [1.807, 2.05) is 0 Å². The first-order chi connectivity index (χ1) is 4.18. The zero-order valence-corrected chi connectivity index (χ0v) is 5.46. The molecule has 0 aromatic heterocycles. The highest BCUT2D eigenvalue weighted by atomic mass is 16.2. The summed E-state index contributed by atoms with van der Waals surface area (Å²) in [5.41, 5.74) is 0. The fourth-order valence-corrected chi connectivity index (χ4v) is 0.217. The van der Waals surface area contributed by atoms with E-state index in [0.29, 0.717) is 0 Å². The van der Waals surface area contributed by atoms with Crippen molar-refractivity contribution in [2.75, 3.05) is 14.1 Å². The third-order valence-corrected chi connectivity index (χ3v) is 0.700. The van der Waals surface area contributed by atoms with Crippen LogP contribution in [0, 0.1) is 5.41 Å². The molecule has 1 N–H and O–H groups in total. The van der Waals surface area contributed by atoms with E-state index in [2.05, 4.69) is 4.99 Å². The van der Waals surface area contributed by atoms with Crippen LogP contribution in [0.4, 0.5) is 0 Å². The van der Waals surface area contributed by atoms with Crippen molar-refractivity contribution < 1.29 is 4.79 Å². The standard InChI is InChI=1S/C5H9N3O/c1-8(2)5(9)3-7-4-6/h3-4,6H,1-2H3/b6-4?,7-3+. The average Bonchev–Trinajstić information content (AvgIpc) is 1.82. The zero-order valence-electron chi connectivity index (χ0n) is 5.46. The number of carbonyl (C=O) groups is 1. The minimum absolute atomic E-state index is 0.210. The normalized spacial score (nSPS) is 9.56. The van der Waals surface area contributed by atoms with Gasteiger partial charge in [-0.1, -0.05) is 0 Å². The molecule has 50 valence electrons. The Morgan fingerprint density at radius 1 is 1.67 bits per heavy atom. The zero-order chi connectivity index (χ0) is 7.28. The lowest BCUT2D eigenvalue weighted by atomic mass is 10.6. The van der Waals surface area contributed by atoms with Crippen LogP contribution in [-0.4, -0.2) is 37.5 Å². The smallest absolute Gasteiger partial charge is 0.264 e. The lowest BCUT2D eigenvalue weighted by Gasteiger charge is -2.03. The van der Waals surface area contributed by atoms with Crippen LogP contribution in [0.25, 0.3) is 0 Å². The Morgan fingerprint density at radius 2 is 2.22 bits per heavy atom. The molecule has 0 atom stereocenters. The number of hydrogen-bond donors (Lipinski definition) is 1. The van der Waals surface area contributed by atoms with Crippen LogP contribution < -0.4 is 0 Å². The van der Waals surface area contributed by atoms with Crippen LogP contribution in [0.2, 0.25) is 0 Å². The molecular formula is C5H9N3O. The highest BCUT2D eigenvalue weighted by Crippen LogP contribution is 1.71. The highest BCUT2D eigenvalue weighted by molar-refractivity contribution is 6.27. The molecule has 0 radical (unpaired) electrons. The van der Waals surface area contributed by atoms with Gasteiger partial charge in [-0.05, 0) is 0 Å². The van der Waals surface area contributed by atoms with Crippen LogP contribution in [0.15, 0.2) is 4.99 Å². The van der Waals surface area contributed by atoms with Gasteiger partial charge in [0.15, 0.2) is 0 Å². The molecular weight excluding hydrogens is 118 g/mol. The first kappa shape index (κ1) is 7.81. The third-order valence-electron chi connectivity index (χ3n) is 0.700. The molecule has 0 aliphatic heterocycles. The SMILES string of the molecule is CN(C)C(=O)/C=N/C=N. The van der Waals surface area contributed by atoms with Crippen molar-refractivity contribution in [1.82, 2.24) is 4.90 Å². The number of hydrogen-bond acceptors (Lipinski definition) is 2. The number of amides is 1. The number of carbonyl (C=O) groups excluding carboxylic acids is 1. The van der Waals surface area contributed by atoms with E-state index in [1.165, 1.54) is 4.90 Å². The predicted octanol–water partition coefficient (Wildman–Crippen LogP) is -0.248. The van der Waals surface area contributed by atoms with Gasteiger partial charge >= 0.3 is 0 Å². The van der Waals surface area contributed by atoms with E-state index >= 15 is 0 Å². The van der Waals surface area contributed by atoms with E-state index in [-0.39, 0.29) is 5.91 Å². The lowest BCUT2D eigenvalue weighted by Crippen LogP contribution is -2.22. The van der Waals surface area contributed by atoms with Gasteiger partial charge in [0.25, 0.3) is 5.91 Å². The summed E-state index contributed by atoms with van der Waals surface area (Å²) in [7, 11) is 3.25. The monoisotopic (exact) mass is 127 g/mol. The Morgan fingerprint density at radius 3 is 2.56 bits per heavy atom. The number of nitrogens with zero attached hydrogens (tertiary/aromatic N) is 2. The van der Waals surface area contributed by atoms with Crippen LogP contribution in [0.1, 0.15) is 0 Å². The molecule has 0 aromatic carbocycles. The highest BCUT2D eigenvalue weighted by Gasteiger charge is 1.95. The molecule has 0 saturated heterocycles. The Hall–Kier alpha value is -1.19. The van der Waals surface area contributed by atoms with Crippen LogP contribution in [0.3, 0.4) is 0 Å². The summed E-state index contributed by atoms with van der Waals surface area (Å²) in [4.78, 5) is 15.3. The molecule has 0 aliphatic rings. The second-order valence-corrected chi connectivity index (χ2v) is 1.64. The second kappa shape index (κ2) is 3.77. The van der Waals surface area contributed by atoms with Gasteiger partial charge in [-0.2, -0.15) is 0 Å². The molecule has 9 heavy (non-hydrogen) atoms. The molecule has 0 unspecified atom stereocenters. The minimum Gasteiger partial charge on any atom is -0.344 e. The van der Waals surface area contributed by atoms with Gasteiger partial charge in [-0.3, -0.25) is 10.2 Å². The first-order valence-electron chi connectivity index (χ1n) is 2.42. The second-order valence-electron chi connectivity index (χ2n) is 1.64. The fraction of sp³-hybridized carbons (Fsp3) is 0.400. The van der Waals surface area contributed by atoms with Gasteiger partial charge in [-0.25, -0.2) is 4.99 Å². The van der Waals surface area contributed by atoms with Crippen LogP contribution in [-0.2, 0) is 4.79 Å². The molecule has 0 rings (SSSR count). The Kier molecular flexibility index (Phi) is 3.27. The van der Waals surface area contributed by atoms with Gasteiger partial charge in [0, 0.05) is 14.1 Å². The summed E-state index contributed by atoms with van der Waals surface area (Å²) in [5, 5.41) is 6.44. The van der Waals surface area contributed by atoms with Crippen molar-refractivity contribution in [3.05, 3.63) is 0 Å². The van der Waals surface area contributed by atoms with Gasteiger partial charge < -0.3 is 4.90 Å². The molecule has 0 spiro atoms. The maximum atomic E-state index is 10.6. The van der Waals surface area contributed by atoms with Crippen molar-refractivity contribution in [1.29, 1.82) is 5.41 Å². The Labute approximate surface area is 53.7 Å². The van der Waals surface area contributed by atoms with Crippen molar-refractivity contribution in [3.8, 4) is 0 Å². The van der Waals surface area contributed by atoms with E-state index in [9.17, 15) is 4.79 Å². The summed E-state index contributed by atoms with van der Waals surface area (Å²) < 4.78 is 0. The fourth-order valence-electron chi connectivity index (χ4n) is 0.217. The van der Waals surface area contributed by atoms with Crippen molar-refractivity contribution in [2.45, 2.75) is 0 Å². The Balaban J connectivity index is 3.76. The van der Waals surface area contributed by atoms with Gasteiger partial charge in [0.2, 0.25) is 0 Å². The molecule has 0 fully saturated rings. The van der Waals surface area contributed by atoms with E-state index in [4.69, 9.17) is 5.41 Å². The van der Waals surface area contributed by atoms with Crippen LogP contribution in [0.5, 0.6) is 0 Å². The Bertz CT molecular complexity index is 139. The molecule has 0 aliphatic carbocycles. The average molecular weight is 127 g/mol. The molecule has 1 amide bonds. The molecule has 0 aromatic rings. The molecule has 4 nitrogen and oxygen atoms in total. The number of nitrogens with one attached hydrogen (secondary N) is 1. The largest absolute Gasteiger partial charge is 0.344 e. The topological polar surface area (TPSA) is 56.5 Å². The maximum absolute atomic E-state index is 10.6. The van der Waals surface area contributed by atoms with Crippen molar-refractivity contribution >= 4 is 18.5 Å². The first-order valence-corrected chi connectivity index (χ1v) is 2.42. The van der Waals surface area contributed by atoms with Crippen molar-refractivity contribution in [3.63, 3.8) is 0 Å². The van der Waals surface area contributed by atoms with Crippen LogP contribution >= 0.6 is 0 Å². The minimum atomic E-state index is -0.210. The summed E-state index contributed by atoms with van der Waals surface area (Å²) in [6.45, 7) is 0. The summed E-state index contributed by atoms with van der Waals surface area (Å²) in [5.74, 6) is -0.210. The summed E-state index contributed by atoms with van der Waals surface area (Å²) in [6.07, 6.45) is 1.91. The quantitative estimate of drug-likeness (QED) is 0.403. The molecule has 0 saturated carbocycles. The molecule has 4 heteroatoms. The predicted molar refractivity (Wildman–Crippen MR) is 36.0 cm³/mol. The van der Waals surface area contributed by atoms with Gasteiger partial charge in [0.05, 0.1) is 6.21 Å². The summed E-state index contributed by atoms with van der Waals surface area (Å²) in [6, 6.07) is 0.